The molecule has 0 N–H and O–H groups in total. The molecule has 3 rings (SSSR count). The highest BCUT2D eigenvalue weighted by Gasteiger charge is 2.11. The lowest BCUT2D eigenvalue weighted by molar-refractivity contribution is 1.08. The van der Waals surface area contributed by atoms with Gasteiger partial charge >= 0.3 is 0 Å². The molecule has 0 saturated carbocycles. The topological polar surface area (TPSA) is 16.1 Å². The van der Waals surface area contributed by atoms with Gasteiger partial charge in [-0.05, 0) is 42.7 Å². The normalized spacial score (nSPS) is 10.9. The first-order valence-corrected chi connectivity index (χ1v) is 7.21. The van der Waals surface area contributed by atoms with Gasteiger partial charge in [-0.3, -0.25) is 0 Å². The quantitative estimate of drug-likeness (QED) is 0.681. The lowest BCUT2D eigenvalue weighted by Gasteiger charge is -2.17. The Balaban J connectivity index is 2.40. The molecule has 0 aliphatic carbocycles. The van der Waals surface area contributed by atoms with Gasteiger partial charge in [-0.15, -0.1) is 0 Å². The van der Waals surface area contributed by atoms with Gasteiger partial charge in [-0.2, -0.15) is 0 Å². The lowest BCUT2D eigenvalue weighted by atomic mass is 9.97. The van der Waals surface area contributed by atoms with E-state index in [2.05, 4.69) is 67.3 Å². The van der Waals surface area contributed by atoms with E-state index in [1.54, 1.807) is 0 Å². The third-order valence-electron chi connectivity index (χ3n) is 3.78. The summed E-state index contributed by atoms with van der Waals surface area (Å²) in [6.07, 6.45) is 0. The van der Waals surface area contributed by atoms with Crippen LogP contribution in [0.25, 0.3) is 22.0 Å². The van der Waals surface area contributed by atoms with Crippen LogP contribution in [0.3, 0.4) is 0 Å². The number of aryl methyl sites for hydroxylation is 2. The number of pyridine rings is 1. The predicted octanol–water partition coefficient (Wildman–Crippen LogP) is 4.58. The Bertz CT molecular complexity index is 790. The van der Waals surface area contributed by atoms with E-state index in [9.17, 15) is 0 Å². The molecule has 3 aromatic rings. The molecule has 0 unspecified atom stereocenters. The lowest BCUT2D eigenvalue weighted by Crippen LogP contribution is -2.11. The number of fused-ring (bicyclic) bond motifs is 1. The third kappa shape index (κ3) is 2.49. The largest absolute Gasteiger partial charge is 0.363 e. The molecule has 0 radical (unpaired) electrons. The van der Waals surface area contributed by atoms with Crippen LogP contribution in [0.15, 0.2) is 48.5 Å². The highest BCUT2D eigenvalue weighted by atomic mass is 15.1. The van der Waals surface area contributed by atoms with Crippen LogP contribution in [-0.2, 0) is 0 Å². The molecule has 1 aromatic heterocycles. The first kappa shape index (κ1) is 13.6. The number of hydrogen-bond donors (Lipinski definition) is 0. The fourth-order valence-electron chi connectivity index (χ4n) is 2.75. The molecule has 0 amide bonds. The summed E-state index contributed by atoms with van der Waals surface area (Å²) in [7, 11) is 4.07. The number of nitrogens with zero attached hydrogens (tertiary/aromatic N) is 2. The SMILES string of the molecule is Cc1cc(C)c2nc(N(C)C)cc(-c3ccccc3)c2c1. The molecular weight excluding hydrogens is 256 g/mol. The van der Waals surface area contributed by atoms with Crippen LogP contribution >= 0.6 is 0 Å². The molecule has 106 valence electrons. The predicted molar refractivity (Wildman–Crippen MR) is 91.0 cm³/mol. The number of rotatable bonds is 2. The second kappa shape index (κ2) is 5.21. The van der Waals surface area contributed by atoms with Crippen LogP contribution in [0.2, 0.25) is 0 Å². The zero-order valence-electron chi connectivity index (χ0n) is 13.0. The van der Waals surface area contributed by atoms with Crippen LogP contribution < -0.4 is 4.90 Å². The van der Waals surface area contributed by atoms with E-state index in [-0.39, 0.29) is 0 Å². The number of hydrogen-bond acceptors (Lipinski definition) is 2. The Morgan fingerprint density at radius 1 is 0.905 bits per heavy atom. The Hall–Kier alpha value is -2.35. The highest BCUT2D eigenvalue weighted by Crippen LogP contribution is 2.33. The summed E-state index contributed by atoms with van der Waals surface area (Å²) in [6.45, 7) is 4.28. The summed E-state index contributed by atoms with van der Waals surface area (Å²) < 4.78 is 0. The second-order valence-corrected chi connectivity index (χ2v) is 5.77. The minimum atomic E-state index is 0.994. The third-order valence-corrected chi connectivity index (χ3v) is 3.78. The summed E-state index contributed by atoms with van der Waals surface area (Å²) in [5.74, 6) is 0.994. The molecule has 0 atom stereocenters. The van der Waals surface area contributed by atoms with Gasteiger partial charge in [0.2, 0.25) is 0 Å². The van der Waals surface area contributed by atoms with Gasteiger partial charge < -0.3 is 4.90 Å². The Labute approximate surface area is 126 Å². The van der Waals surface area contributed by atoms with Crippen LogP contribution in [0.4, 0.5) is 5.82 Å². The molecule has 2 aromatic carbocycles. The van der Waals surface area contributed by atoms with Crippen molar-refractivity contribution in [1.82, 2.24) is 4.98 Å². The van der Waals surface area contributed by atoms with Crippen LogP contribution in [0.5, 0.6) is 0 Å². The molecule has 2 nitrogen and oxygen atoms in total. The molecule has 2 heteroatoms. The Kier molecular flexibility index (Phi) is 3.38. The zero-order chi connectivity index (χ0) is 15.0. The van der Waals surface area contributed by atoms with E-state index in [0.717, 1.165) is 11.3 Å². The van der Waals surface area contributed by atoms with Gasteiger partial charge in [0.1, 0.15) is 5.82 Å². The summed E-state index contributed by atoms with van der Waals surface area (Å²) in [5.41, 5.74) is 6.07. The van der Waals surface area contributed by atoms with E-state index in [0.29, 0.717) is 0 Å². The Morgan fingerprint density at radius 3 is 2.29 bits per heavy atom. The van der Waals surface area contributed by atoms with Gasteiger partial charge in [0.15, 0.2) is 0 Å². The van der Waals surface area contributed by atoms with Crippen molar-refractivity contribution in [2.75, 3.05) is 19.0 Å². The average molecular weight is 276 g/mol. The monoisotopic (exact) mass is 276 g/mol. The van der Waals surface area contributed by atoms with Gasteiger partial charge in [0.05, 0.1) is 5.52 Å². The summed E-state index contributed by atoms with van der Waals surface area (Å²) in [4.78, 5) is 6.89. The maximum atomic E-state index is 4.83. The van der Waals surface area contributed by atoms with Crippen molar-refractivity contribution >= 4 is 16.7 Å². The smallest absolute Gasteiger partial charge is 0.129 e. The fraction of sp³-hybridized carbons (Fsp3) is 0.211. The number of anilines is 1. The van der Waals surface area contributed by atoms with Gasteiger partial charge in [0, 0.05) is 19.5 Å². The Morgan fingerprint density at radius 2 is 1.62 bits per heavy atom. The number of benzene rings is 2. The van der Waals surface area contributed by atoms with Crippen LogP contribution in [0.1, 0.15) is 11.1 Å². The molecule has 0 saturated heterocycles. The molecule has 0 fully saturated rings. The average Bonchev–Trinajstić information content (AvgIpc) is 2.47. The van der Waals surface area contributed by atoms with E-state index < -0.39 is 0 Å². The maximum Gasteiger partial charge on any atom is 0.129 e. The minimum absolute atomic E-state index is 0.994. The maximum absolute atomic E-state index is 4.83. The first-order valence-electron chi connectivity index (χ1n) is 7.21. The van der Waals surface area contributed by atoms with Crippen molar-refractivity contribution in [2.24, 2.45) is 0 Å². The molecule has 0 spiro atoms. The first-order chi connectivity index (χ1) is 10.1. The fourth-order valence-corrected chi connectivity index (χ4v) is 2.75. The van der Waals surface area contributed by atoms with Gasteiger partial charge in [-0.1, -0.05) is 42.0 Å². The van der Waals surface area contributed by atoms with Crippen molar-refractivity contribution in [1.29, 1.82) is 0 Å². The van der Waals surface area contributed by atoms with E-state index in [1.807, 2.05) is 14.1 Å². The van der Waals surface area contributed by atoms with Crippen molar-refractivity contribution < 1.29 is 0 Å². The molecule has 0 aliphatic heterocycles. The summed E-state index contributed by atoms with van der Waals surface area (Å²) in [6, 6.07) is 17.1. The van der Waals surface area contributed by atoms with Gasteiger partial charge in [0.25, 0.3) is 0 Å². The van der Waals surface area contributed by atoms with E-state index >= 15 is 0 Å². The van der Waals surface area contributed by atoms with Crippen molar-refractivity contribution in [3.63, 3.8) is 0 Å². The zero-order valence-corrected chi connectivity index (χ0v) is 13.0. The van der Waals surface area contributed by atoms with E-state index in [4.69, 9.17) is 4.98 Å². The van der Waals surface area contributed by atoms with Crippen LogP contribution in [-0.4, -0.2) is 19.1 Å². The second-order valence-electron chi connectivity index (χ2n) is 5.77. The molecular formula is C19H20N2. The molecule has 0 bridgehead atoms. The minimum Gasteiger partial charge on any atom is -0.363 e. The standard InChI is InChI=1S/C19H20N2/c1-13-10-14(2)19-17(11-13)16(12-18(20-19)21(3)4)15-8-6-5-7-9-15/h5-12H,1-4H3. The molecule has 1 heterocycles. The number of aromatic nitrogens is 1. The van der Waals surface area contributed by atoms with Crippen molar-refractivity contribution in [3.05, 3.63) is 59.7 Å². The van der Waals surface area contributed by atoms with Crippen molar-refractivity contribution in [2.45, 2.75) is 13.8 Å². The summed E-state index contributed by atoms with van der Waals surface area (Å²) in [5, 5.41) is 1.23. The highest BCUT2D eigenvalue weighted by molar-refractivity contribution is 5.98. The van der Waals surface area contributed by atoms with E-state index in [1.165, 1.54) is 27.6 Å². The molecule has 0 aliphatic rings. The van der Waals surface area contributed by atoms with Gasteiger partial charge in [-0.25, -0.2) is 4.98 Å². The molecule has 21 heavy (non-hydrogen) atoms. The van der Waals surface area contributed by atoms with Crippen LogP contribution in [0, 0.1) is 13.8 Å². The van der Waals surface area contributed by atoms with Crippen molar-refractivity contribution in [3.8, 4) is 11.1 Å². The summed E-state index contributed by atoms with van der Waals surface area (Å²) >= 11 is 0.